The molecule has 1 heteroatoms. The first-order valence-electron chi connectivity index (χ1n) is 6.01. The zero-order valence-corrected chi connectivity index (χ0v) is 8.76. The van der Waals surface area contributed by atoms with Crippen molar-refractivity contribution in [1.82, 2.24) is 0 Å². The Kier molecular flexibility index (Phi) is 6.26. The predicted octanol–water partition coefficient (Wildman–Crippen LogP) is 3.95. The lowest BCUT2D eigenvalue weighted by atomic mass is 9.96. The van der Waals surface area contributed by atoms with E-state index in [4.69, 9.17) is 0 Å². The number of rotatable bonds is 1. The van der Waals surface area contributed by atoms with Gasteiger partial charge >= 0.3 is 0 Å². The summed E-state index contributed by atoms with van der Waals surface area (Å²) in [6.07, 6.45) is 13.3. The molecule has 13 heavy (non-hydrogen) atoms. The second-order valence-corrected chi connectivity index (χ2v) is 4.44. The molecule has 1 radical (unpaired) electrons. The second-order valence-electron chi connectivity index (χ2n) is 4.44. The molecular formula is C12H23O. The summed E-state index contributed by atoms with van der Waals surface area (Å²) in [5.41, 5.74) is 0. The molecule has 1 rings (SSSR count). The quantitative estimate of drug-likeness (QED) is 0.586. The van der Waals surface area contributed by atoms with Crippen molar-refractivity contribution in [2.75, 3.05) is 6.61 Å². The molecule has 0 aromatic heterocycles. The van der Waals surface area contributed by atoms with Crippen LogP contribution in [0.5, 0.6) is 0 Å². The number of hydrogen-bond acceptors (Lipinski definition) is 0. The molecule has 0 aliphatic heterocycles. The third-order valence-electron chi connectivity index (χ3n) is 3.21. The Balaban J connectivity index is 2.18. The Labute approximate surface area is 82.5 Å². The summed E-state index contributed by atoms with van der Waals surface area (Å²) in [7, 11) is 0. The van der Waals surface area contributed by atoms with E-state index >= 15 is 0 Å². The highest BCUT2D eigenvalue weighted by Gasteiger charge is 2.08. The Morgan fingerprint density at radius 3 is 1.46 bits per heavy atom. The van der Waals surface area contributed by atoms with Gasteiger partial charge in [-0.05, 0) is 18.8 Å². The second kappa shape index (κ2) is 7.37. The van der Waals surface area contributed by atoms with E-state index in [1.807, 2.05) is 0 Å². The van der Waals surface area contributed by atoms with E-state index in [0.29, 0.717) is 5.92 Å². The van der Waals surface area contributed by atoms with Gasteiger partial charge in [0.05, 0.1) is 6.61 Å². The summed E-state index contributed by atoms with van der Waals surface area (Å²) in [6, 6.07) is 0. The highest BCUT2D eigenvalue weighted by Crippen LogP contribution is 2.20. The largest absolute Gasteiger partial charge is 0.236 e. The predicted molar refractivity (Wildman–Crippen MR) is 55.2 cm³/mol. The first-order chi connectivity index (χ1) is 6.43. The van der Waals surface area contributed by atoms with Gasteiger partial charge in [0.1, 0.15) is 0 Å². The van der Waals surface area contributed by atoms with Gasteiger partial charge in [0.15, 0.2) is 0 Å². The topological polar surface area (TPSA) is 19.9 Å². The van der Waals surface area contributed by atoms with Gasteiger partial charge < -0.3 is 0 Å². The highest BCUT2D eigenvalue weighted by atomic mass is 16.3. The normalized spacial score (nSPS) is 23.8. The van der Waals surface area contributed by atoms with Crippen molar-refractivity contribution in [2.24, 2.45) is 5.92 Å². The lowest BCUT2D eigenvalue weighted by molar-refractivity contribution is 0.131. The van der Waals surface area contributed by atoms with Crippen molar-refractivity contribution in [3.63, 3.8) is 0 Å². The van der Waals surface area contributed by atoms with Crippen molar-refractivity contribution in [3.05, 3.63) is 0 Å². The molecule has 1 nitrogen and oxygen atoms in total. The van der Waals surface area contributed by atoms with Crippen LogP contribution in [0.4, 0.5) is 0 Å². The fourth-order valence-electron chi connectivity index (χ4n) is 2.24. The molecule has 1 aliphatic rings. The minimum absolute atomic E-state index is 0.167. The maximum Gasteiger partial charge on any atom is 0.0850 e. The third kappa shape index (κ3) is 5.30. The van der Waals surface area contributed by atoms with E-state index in [9.17, 15) is 5.11 Å². The highest BCUT2D eigenvalue weighted by molar-refractivity contribution is 4.60. The summed E-state index contributed by atoms with van der Waals surface area (Å²) in [5, 5.41) is 10.8. The molecule has 77 valence electrons. The lowest BCUT2D eigenvalue weighted by Gasteiger charge is -2.11. The van der Waals surface area contributed by atoms with Gasteiger partial charge in [-0.15, -0.1) is 0 Å². The van der Waals surface area contributed by atoms with Crippen molar-refractivity contribution in [3.8, 4) is 0 Å². The molecule has 0 atom stereocenters. The van der Waals surface area contributed by atoms with Gasteiger partial charge in [-0.3, -0.25) is 0 Å². The Morgan fingerprint density at radius 2 is 1.08 bits per heavy atom. The van der Waals surface area contributed by atoms with Crippen LogP contribution in [0.3, 0.4) is 0 Å². The maximum atomic E-state index is 10.8. The summed E-state index contributed by atoms with van der Waals surface area (Å²) in [5.74, 6) is 0.498. The molecule has 0 heterocycles. The molecule has 1 saturated carbocycles. The molecule has 0 aromatic carbocycles. The zero-order chi connectivity index (χ0) is 9.36. The Morgan fingerprint density at radius 1 is 0.692 bits per heavy atom. The van der Waals surface area contributed by atoms with Gasteiger partial charge in [0, 0.05) is 0 Å². The lowest BCUT2D eigenvalue weighted by Crippen LogP contribution is -2.04. The minimum Gasteiger partial charge on any atom is -0.236 e. The van der Waals surface area contributed by atoms with Crippen LogP contribution in [-0.4, -0.2) is 6.61 Å². The van der Waals surface area contributed by atoms with Crippen LogP contribution in [-0.2, 0) is 5.11 Å². The summed E-state index contributed by atoms with van der Waals surface area (Å²) >= 11 is 0. The van der Waals surface area contributed by atoms with Crippen LogP contribution in [0.2, 0.25) is 0 Å². The molecule has 0 saturated heterocycles. The SMILES string of the molecule is [O]CC1CCCCCCCCCC1. The Hall–Kier alpha value is -0.0400. The first-order valence-corrected chi connectivity index (χ1v) is 6.01. The van der Waals surface area contributed by atoms with Gasteiger partial charge in [-0.25, -0.2) is 5.11 Å². The molecule has 0 N–H and O–H groups in total. The molecule has 0 amide bonds. The van der Waals surface area contributed by atoms with Crippen molar-refractivity contribution < 1.29 is 5.11 Å². The molecule has 0 spiro atoms. The van der Waals surface area contributed by atoms with Gasteiger partial charge in [0.2, 0.25) is 0 Å². The van der Waals surface area contributed by atoms with E-state index in [1.54, 1.807) is 0 Å². The molecule has 0 unspecified atom stereocenters. The van der Waals surface area contributed by atoms with Gasteiger partial charge in [0.25, 0.3) is 0 Å². The van der Waals surface area contributed by atoms with Crippen LogP contribution in [0.25, 0.3) is 0 Å². The first kappa shape index (κ1) is 11.0. The summed E-state index contributed by atoms with van der Waals surface area (Å²) in [6.45, 7) is 0.167. The van der Waals surface area contributed by atoms with Crippen LogP contribution in [0, 0.1) is 5.92 Å². The van der Waals surface area contributed by atoms with Crippen LogP contribution >= 0.6 is 0 Å². The van der Waals surface area contributed by atoms with E-state index in [0.717, 1.165) is 0 Å². The maximum absolute atomic E-state index is 10.8. The monoisotopic (exact) mass is 183 g/mol. The minimum atomic E-state index is 0.167. The molecule has 1 fully saturated rings. The van der Waals surface area contributed by atoms with Gasteiger partial charge in [-0.2, -0.15) is 0 Å². The molecule has 0 bridgehead atoms. The van der Waals surface area contributed by atoms with E-state index in [-0.39, 0.29) is 6.61 Å². The van der Waals surface area contributed by atoms with Gasteiger partial charge in [-0.1, -0.05) is 51.4 Å². The fourth-order valence-corrected chi connectivity index (χ4v) is 2.24. The van der Waals surface area contributed by atoms with Crippen LogP contribution in [0.1, 0.15) is 64.2 Å². The average molecular weight is 183 g/mol. The number of hydrogen-bond donors (Lipinski definition) is 0. The summed E-state index contributed by atoms with van der Waals surface area (Å²) in [4.78, 5) is 0. The van der Waals surface area contributed by atoms with Crippen molar-refractivity contribution in [2.45, 2.75) is 64.2 Å². The third-order valence-corrected chi connectivity index (χ3v) is 3.21. The molecule has 0 aromatic rings. The van der Waals surface area contributed by atoms with Crippen LogP contribution in [0.15, 0.2) is 0 Å². The van der Waals surface area contributed by atoms with Crippen LogP contribution < -0.4 is 0 Å². The zero-order valence-electron chi connectivity index (χ0n) is 8.76. The summed E-state index contributed by atoms with van der Waals surface area (Å²) < 4.78 is 0. The Bertz CT molecular complexity index is 99.7. The van der Waals surface area contributed by atoms with E-state index in [1.165, 1.54) is 64.2 Å². The fraction of sp³-hybridized carbons (Fsp3) is 1.00. The van der Waals surface area contributed by atoms with E-state index in [2.05, 4.69) is 0 Å². The smallest absolute Gasteiger partial charge is 0.0850 e. The van der Waals surface area contributed by atoms with Crippen molar-refractivity contribution >= 4 is 0 Å². The van der Waals surface area contributed by atoms with Crippen molar-refractivity contribution in [1.29, 1.82) is 0 Å². The standard InChI is InChI=1S/C12H23O/c13-11-12-9-7-5-3-1-2-4-6-8-10-12/h12H,1-11H2. The average Bonchev–Trinajstić information content (AvgIpc) is 2.22. The van der Waals surface area contributed by atoms with E-state index < -0.39 is 0 Å². The molecular weight excluding hydrogens is 160 g/mol. The molecule has 1 aliphatic carbocycles.